The van der Waals surface area contributed by atoms with Crippen molar-refractivity contribution in [2.24, 2.45) is 0 Å². The first kappa shape index (κ1) is 20.3. The second kappa shape index (κ2) is 8.42. The monoisotopic (exact) mass is 438 g/mol. The fourth-order valence-corrected chi connectivity index (χ4v) is 3.70. The van der Waals surface area contributed by atoms with Gasteiger partial charge in [-0.3, -0.25) is 0 Å². The molecule has 0 N–H and O–H groups in total. The summed E-state index contributed by atoms with van der Waals surface area (Å²) in [5.74, 6) is 1.60. The van der Waals surface area contributed by atoms with Crippen molar-refractivity contribution in [2.45, 2.75) is 6.92 Å². The van der Waals surface area contributed by atoms with Crippen molar-refractivity contribution in [3.63, 3.8) is 0 Å². The minimum absolute atomic E-state index is 0.481. The molecule has 4 rings (SSSR count). The molecule has 4 nitrogen and oxygen atoms in total. The molecule has 0 aliphatic carbocycles. The summed E-state index contributed by atoms with van der Waals surface area (Å²) in [6, 6.07) is 21.3. The summed E-state index contributed by atoms with van der Waals surface area (Å²) in [4.78, 5) is 0. The Balaban J connectivity index is 1.92. The number of methoxy groups -OCH3 is 2. The van der Waals surface area contributed by atoms with Gasteiger partial charge in [-0.05, 0) is 73.7 Å². The van der Waals surface area contributed by atoms with Gasteiger partial charge in [-0.2, -0.15) is 5.10 Å². The maximum absolute atomic E-state index is 6.30. The molecule has 0 atom stereocenters. The first-order valence-electron chi connectivity index (χ1n) is 9.35. The quantitative estimate of drug-likeness (QED) is 0.342. The lowest BCUT2D eigenvalue weighted by Gasteiger charge is -2.10. The zero-order valence-corrected chi connectivity index (χ0v) is 18.3. The lowest BCUT2D eigenvalue weighted by molar-refractivity contribution is 0.414. The van der Waals surface area contributed by atoms with E-state index in [4.69, 9.17) is 37.8 Å². The summed E-state index contributed by atoms with van der Waals surface area (Å²) in [6.07, 6.45) is 0. The van der Waals surface area contributed by atoms with Gasteiger partial charge in [0, 0.05) is 16.7 Å². The molecule has 0 aliphatic heterocycles. The number of hydrogen-bond donors (Lipinski definition) is 0. The Hall–Kier alpha value is -2.95. The van der Waals surface area contributed by atoms with E-state index in [1.807, 2.05) is 65.3 Å². The summed E-state index contributed by atoms with van der Waals surface area (Å²) in [5, 5.41) is 5.92. The number of aromatic nitrogens is 2. The first-order chi connectivity index (χ1) is 14.5. The van der Waals surface area contributed by atoms with Crippen LogP contribution in [0.5, 0.6) is 11.5 Å². The highest BCUT2D eigenvalue weighted by molar-refractivity contribution is 6.42. The van der Waals surface area contributed by atoms with E-state index < -0.39 is 0 Å². The van der Waals surface area contributed by atoms with Gasteiger partial charge in [0.15, 0.2) is 0 Å². The van der Waals surface area contributed by atoms with Crippen molar-refractivity contribution in [1.29, 1.82) is 0 Å². The smallest absolute Gasteiger partial charge is 0.118 e. The molecule has 4 aromatic rings. The Labute approximate surface area is 185 Å². The van der Waals surface area contributed by atoms with Crippen molar-refractivity contribution < 1.29 is 9.47 Å². The van der Waals surface area contributed by atoms with Gasteiger partial charge in [-0.15, -0.1) is 0 Å². The fourth-order valence-electron chi connectivity index (χ4n) is 3.41. The van der Waals surface area contributed by atoms with Crippen molar-refractivity contribution in [3.05, 3.63) is 82.3 Å². The Kier molecular flexibility index (Phi) is 5.71. The Bertz CT molecular complexity index is 1180. The first-order valence-corrected chi connectivity index (χ1v) is 10.1. The Morgan fingerprint density at radius 2 is 1.30 bits per heavy atom. The Morgan fingerprint density at radius 3 is 1.83 bits per heavy atom. The highest BCUT2D eigenvalue weighted by Gasteiger charge is 2.19. The van der Waals surface area contributed by atoms with Crippen LogP contribution in [0.1, 0.15) is 5.56 Å². The summed E-state index contributed by atoms with van der Waals surface area (Å²) in [5.41, 5.74) is 5.76. The molecule has 0 aliphatic rings. The normalized spacial score (nSPS) is 10.8. The SMILES string of the molecule is COc1ccc(-c2nn(-c3ccc(Cl)c(Cl)c3)c(-c3ccc(OC)cc3)c2C)cc1. The zero-order valence-electron chi connectivity index (χ0n) is 16.8. The largest absolute Gasteiger partial charge is 0.497 e. The molecule has 0 amide bonds. The molecule has 0 unspecified atom stereocenters. The van der Waals surface area contributed by atoms with E-state index in [1.165, 1.54) is 0 Å². The van der Waals surface area contributed by atoms with E-state index in [1.54, 1.807) is 20.3 Å². The van der Waals surface area contributed by atoms with Crippen LogP contribution < -0.4 is 9.47 Å². The molecule has 152 valence electrons. The maximum Gasteiger partial charge on any atom is 0.118 e. The number of halogens is 2. The molecule has 30 heavy (non-hydrogen) atoms. The van der Waals surface area contributed by atoms with Gasteiger partial charge < -0.3 is 9.47 Å². The molecule has 0 spiro atoms. The number of benzene rings is 3. The average Bonchev–Trinajstić information content (AvgIpc) is 3.12. The van der Waals surface area contributed by atoms with E-state index in [2.05, 4.69) is 6.92 Å². The van der Waals surface area contributed by atoms with Crippen LogP contribution in [0.15, 0.2) is 66.7 Å². The van der Waals surface area contributed by atoms with Crippen molar-refractivity contribution in [2.75, 3.05) is 14.2 Å². The van der Waals surface area contributed by atoms with Gasteiger partial charge in [0.05, 0.1) is 41.3 Å². The lowest BCUT2D eigenvalue weighted by atomic mass is 10.0. The lowest BCUT2D eigenvalue weighted by Crippen LogP contribution is -2.00. The molecule has 1 aromatic heterocycles. The molecule has 0 saturated heterocycles. The van der Waals surface area contributed by atoms with Crippen LogP contribution in [-0.4, -0.2) is 24.0 Å². The van der Waals surface area contributed by atoms with Crippen LogP contribution in [0.25, 0.3) is 28.2 Å². The zero-order chi connectivity index (χ0) is 21.3. The molecule has 0 fully saturated rings. The summed E-state index contributed by atoms with van der Waals surface area (Å²) in [7, 11) is 3.31. The van der Waals surface area contributed by atoms with Crippen molar-refractivity contribution >= 4 is 23.2 Å². The molecule has 3 aromatic carbocycles. The molecular formula is C24H20Cl2N2O2. The molecule has 1 heterocycles. The van der Waals surface area contributed by atoms with Gasteiger partial charge in [0.1, 0.15) is 11.5 Å². The maximum atomic E-state index is 6.30. The van der Waals surface area contributed by atoms with Crippen LogP contribution >= 0.6 is 23.2 Å². The number of nitrogens with zero attached hydrogens (tertiary/aromatic N) is 2. The second-order valence-corrected chi connectivity index (χ2v) is 7.60. The van der Waals surface area contributed by atoms with E-state index in [0.717, 1.165) is 45.3 Å². The van der Waals surface area contributed by atoms with Gasteiger partial charge >= 0.3 is 0 Å². The van der Waals surface area contributed by atoms with Crippen LogP contribution in [0.4, 0.5) is 0 Å². The van der Waals surface area contributed by atoms with E-state index in [-0.39, 0.29) is 0 Å². The molecule has 6 heteroatoms. The summed E-state index contributed by atoms with van der Waals surface area (Å²) < 4.78 is 12.5. The third-order valence-corrected chi connectivity index (χ3v) is 5.74. The summed E-state index contributed by atoms with van der Waals surface area (Å²) in [6.45, 7) is 2.07. The highest BCUT2D eigenvalue weighted by Crippen LogP contribution is 2.36. The van der Waals surface area contributed by atoms with Gasteiger partial charge in [-0.25, -0.2) is 4.68 Å². The van der Waals surface area contributed by atoms with Crippen LogP contribution in [-0.2, 0) is 0 Å². The average molecular weight is 439 g/mol. The minimum Gasteiger partial charge on any atom is -0.497 e. The fraction of sp³-hybridized carbons (Fsp3) is 0.125. The Morgan fingerprint density at radius 1 is 0.733 bits per heavy atom. The van der Waals surface area contributed by atoms with E-state index in [9.17, 15) is 0 Å². The predicted molar refractivity (Wildman–Crippen MR) is 122 cm³/mol. The second-order valence-electron chi connectivity index (χ2n) is 6.79. The number of ether oxygens (including phenoxy) is 2. The number of rotatable bonds is 5. The van der Waals surface area contributed by atoms with E-state index in [0.29, 0.717) is 10.0 Å². The summed E-state index contributed by atoms with van der Waals surface area (Å²) >= 11 is 12.4. The molecule has 0 bridgehead atoms. The standard InChI is InChI=1S/C24H20Cl2N2O2/c1-15-23(16-4-9-19(29-2)10-5-16)27-28(18-8-13-21(25)22(26)14-18)24(15)17-6-11-20(30-3)12-7-17/h4-14H,1-3H3. The third-order valence-electron chi connectivity index (χ3n) is 5.00. The van der Waals surface area contributed by atoms with E-state index >= 15 is 0 Å². The predicted octanol–water partition coefficient (Wildman–Crippen LogP) is 6.84. The van der Waals surface area contributed by atoms with Crippen LogP contribution in [0, 0.1) is 6.92 Å². The molecular weight excluding hydrogens is 419 g/mol. The van der Waals surface area contributed by atoms with Gasteiger partial charge in [0.2, 0.25) is 0 Å². The van der Waals surface area contributed by atoms with Crippen molar-refractivity contribution in [3.8, 4) is 39.7 Å². The number of hydrogen-bond acceptors (Lipinski definition) is 3. The van der Waals surface area contributed by atoms with Gasteiger partial charge in [0.25, 0.3) is 0 Å². The molecule has 0 saturated carbocycles. The van der Waals surface area contributed by atoms with Crippen LogP contribution in [0.2, 0.25) is 10.0 Å². The van der Waals surface area contributed by atoms with Crippen LogP contribution in [0.3, 0.4) is 0 Å². The third kappa shape index (κ3) is 3.76. The molecule has 0 radical (unpaired) electrons. The van der Waals surface area contributed by atoms with Crippen molar-refractivity contribution in [1.82, 2.24) is 9.78 Å². The minimum atomic E-state index is 0.481. The van der Waals surface area contributed by atoms with Gasteiger partial charge in [-0.1, -0.05) is 23.2 Å². The topological polar surface area (TPSA) is 36.3 Å². The highest BCUT2D eigenvalue weighted by atomic mass is 35.5.